The predicted octanol–water partition coefficient (Wildman–Crippen LogP) is 7.08. The molecule has 1 aromatic rings. The maximum atomic E-state index is 11.7. The van der Waals surface area contributed by atoms with Crippen LogP contribution < -0.4 is 0 Å². The largest absolute Gasteiger partial charge is 0.460 e. The van der Waals surface area contributed by atoms with Crippen molar-refractivity contribution in [2.75, 3.05) is 0 Å². The second kappa shape index (κ2) is 17.8. The van der Waals surface area contributed by atoms with Gasteiger partial charge in [0.15, 0.2) is 0 Å². The van der Waals surface area contributed by atoms with Crippen LogP contribution in [0.4, 0.5) is 0 Å². The first-order chi connectivity index (χ1) is 13.8. The van der Waals surface area contributed by atoms with Crippen LogP contribution in [0.2, 0.25) is 0 Å². The quantitative estimate of drug-likeness (QED) is 0.201. The van der Waals surface area contributed by atoms with E-state index in [2.05, 4.69) is 6.92 Å². The highest BCUT2D eigenvalue weighted by Crippen LogP contribution is 2.14. The van der Waals surface area contributed by atoms with Gasteiger partial charge in [0.25, 0.3) is 0 Å². The minimum atomic E-state index is -0.170. The number of unbranched alkanes of at least 4 members (excludes halogenated alkanes) is 14. The number of hydrogen-bond donors (Lipinski definition) is 1. The topological polar surface area (TPSA) is 59.7 Å². The van der Waals surface area contributed by atoms with E-state index in [0.29, 0.717) is 17.9 Å². The van der Waals surface area contributed by atoms with Crippen molar-refractivity contribution < 1.29 is 19.1 Å². The summed E-state index contributed by atoms with van der Waals surface area (Å²) in [6.07, 6.45) is 20.3. The van der Waals surface area contributed by atoms with E-state index in [-0.39, 0.29) is 19.2 Å². The van der Waals surface area contributed by atoms with Crippen molar-refractivity contribution in [3.63, 3.8) is 0 Å². The summed E-state index contributed by atoms with van der Waals surface area (Å²) in [6.45, 7) is 2.29. The molecule has 0 aliphatic carbocycles. The maximum Gasteiger partial charge on any atom is 0.306 e. The molecule has 0 bridgehead atoms. The number of carbonyl (C=O) groups excluding carboxylic acids is 1. The fourth-order valence-electron chi connectivity index (χ4n) is 3.45. The molecule has 4 heteroatoms. The van der Waals surface area contributed by atoms with Crippen LogP contribution in [0.5, 0.6) is 0 Å². The summed E-state index contributed by atoms with van der Waals surface area (Å²) in [4.78, 5) is 11.7. The van der Waals surface area contributed by atoms with Crippen LogP contribution in [0.25, 0.3) is 0 Å². The van der Waals surface area contributed by atoms with Crippen LogP contribution in [0.3, 0.4) is 0 Å². The zero-order valence-electron chi connectivity index (χ0n) is 18.1. The van der Waals surface area contributed by atoms with E-state index in [1.165, 1.54) is 83.5 Å². The SMILES string of the molecule is CCCCCCCCCCCCCCCCCC(=O)OCc1ccc(CO)o1. The molecule has 0 saturated carbocycles. The number of carbonyl (C=O) groups is 1. The summed E-state index contributed by atoms with van der Waals surface area (Å²) in [7, 11) is 0. The Balaban J connectivity index is 1.79. The second-order valence-electron chi connectivity index (χ2n) is 7.89. The van der Waals surface area contributed by atoms with Gasteiger partial charge in [0.1, 0.15) is 24.7 Å². The molecule has 0 aliphatic heterocycles. The van der Waals surface area contributed by atoms with Crippen LogP contribution in [0, 0.1) is 0 Å². The average Bonchev–Trinajstić information content (AvgIpc) is 3.17. The van der Waals surface area contributed by atoms with E-state index in [9.17, 15) is 4.79 Å². The molecule has 0 amide bonds. The Morgan fingerprint density at radius 1 is 0.786 bits per heavy atom. The highest BCUT2D eigenvalue weighted by molar-refractivity contribution is 5.69. The van der Waals surface area contributed by atoms with Crippen molar-refractivity contribution in [2.24, 2.45) is 0 Å². The molecule has 0 fully saturated rings. The molecule has 28 heavy (non-hydrogen) atoms. The Labute approximate surface area is 172 Å². The molecule has 1 heterocycles. The third-order valence-electron chi connectivity index (χ3n) is 5.23. The summed E-state index contributed by atoms with van der Waals surface area (Å²) < 4.78 is 10.5. The van der Waals surface area contributed by atoms with Gasteiger partial charge in [-0.15, -0.1) is 0 Å². The lowest BCUT2D eigenvalue weighted by atomic mass is 10.0. The van der Waals surface area contributed by atoms with Gasteiger partial charge in [-0.1, -0.05) is 96.8 Å². The smallest absolute Gasteiger partial charge is 0.306 e. The molecule has 0 aromatic carbocycles. The number of rotatable bonds is 19. The first-order valence-electron chi connectivity index (χ1n) is 11.6. The molecule has 0 saturated heterocycles. The molecule has 0 aliphatic rings. The number of ether oxygens (including phenoxy) is 1. The average molecular weight is 395 g/mol. The third-order valence-corrected chi connectivity index (χ3v) is 5.23. The van der Waals surface area contributed by atoms with Crippen molar-refractivity contribution in [1.29, 1.82) is 0 Å². The zero-order chi connectivity index (χ0) is 20.3. The number of hydrogen-bond acceptors (Lipinski definition) is 4. The standard InChI is InChI=1S/C24H42O4/c1-2-3-4-5-6-7-8-9-10-11-12-13-14-15-16-17-24(26)27-21-23-19-18-22(20-25)28-23/h18-19,25H,2-17,20-21H2,1H3. The lowest BCUT2D eigenvalue weighted by Gasteiger charge is -2.04. The molecular weight excluding hydrogens is 352 g/mol. The van der Waals surface area contributed by atoms with Gasteiger partial charge in [-0.25, -0.2) is 0 Å². The van der Waals surface area contributed by atoms with Crippen LogP contribution in [-0.4, -0.2) is 11.1 Å². The fraction of sp³-hybridized carbons (Fsp3) is 0.792. The van der Waals surface area contributed by atoms with Crippen LogP contribution >= 0.6 is 0 Å². The third kappa shape index (κ3) is 13.8. The first-order valence-corrected chi connectivity index (χ1v) is 11.6. The van der Waals surface area contributed by atoms with E-state index in [1.54, 1.807) is 12.1 Å². The van der Waals surface area contributed by atoms with Crippen molar-refractivity contribution in [2.45, 2.75) is 123 Å². The van der Waals surface area contributed by atoms with Gasteiger partial charge in [-0.2, -0.15) is 0 Å². The molecule has 1 aromatic heterocycles. The lowest BCUT2D eigenvalue weighted by Crippen LogP contribution is -2.03. The van der Waals surface area contributed by atoms with E-state index >= 15 is 0 Å². The summed E-state index contributed by atoms with van der Waals surface area (Å²) in [5, 5.41) is 8.93. The van der Waals surface area contributed by atoms with Crippen molar-refractivity contribution in [3.05, 3.63) is 23.7 Å². The molecule has 0 unspecified atom stereocenters. The molecule has 4 nitrogen and oxygen atoms in total. The number of esters is 1. The molecule has 0 radical (unpaired) electrons. The van der Waals surface area contributed by atoms with E-state index in [1.807, 2.05) is 0 Å². The molecule has 0 spiro atoms. The van der Waals surface area contributed by atoms with E-state index in [0.717, 1.165) is 12.8 Å². The highest BCUT2D eigenvalue weighted by Gasteiger charge is 2.06. The van der Waals surface area contributed by atoms with Crippen LogP contribution in [0.15, 0.2) is 16.5 Å². The minimum absolute atomic E-state index is 0.132. The van der Waals surface area contributed by atoms with Crippen molar-refractivity contribution >= 4 is 5.97 Å². The highest BCUT2D eigenvalue weighted by atomic mass is 16.5. The van der Waals surface area contributed by atoms with Gasteiger partial charge in [0.2, 0.25) is 0 Å². The maximum absolute atomic E-state index is 11.7. The van der Waals surface area contributed by atoms with Gasteiger partial charge < -0.3 is 14.3 Å². The van der Waals surface area contributed by atoms with E-state index < -0.39 is 0 Å². The summed E-state index contributed by atoms with van der Waals surface area (Å²) in [6, 6.07) is 3.42. The Morgan fingerprint density at radius 3 is 1.71 bits per heavy atom. The van der Waals surface area contributed by atoms with Gasteiger partial charge in [0, 0.05) is 6.42 Å². The van der Waals surface area contributed by atoms with Crippen LogP contribution in [-0.2, 0) is 22.7 Å². The minimum Gasteiger partial charge on any atom is -0.460 e. The summed E-state index contributed by atoms with van der Waals surface area (Å²) >= 11 is 0. The summed E-state index contributed by atoms with van der Waals surface area (Å²) in [5.74, 6) is 0.902. The predicted molar refractivity (Wildman–Crippen MR) is 114 cm³/mol. The van der Waals surface area contributed by atoms with Gasteiger partial charge >= 0.3 is 5.97 Å². The Bertz CT molecular complexity index is 481. The normalized spacial score (nSPS) is 11.1. The Kier molecular flexibility index (Phi) is 15.7. The van der Waals surface area contributed by atoms with Crippen molar-refractivity contribution in [3.8, 4) is 0 Å². The Hall–Kier alpha value is -1.29. The van der Waals surface area contributed by atoms with E-state index in [4.69, 9.17) is 14.3 Å². The molecule has 0 atom stereocenters. The van der Waals surface area contributed by atoms with Gasteiger partial charge in [0.05, 0.1) is 0 Å². The van der Waals surface area contributed by atoms with Crippen LogP contribution in [0.1, 0.15) is 121 Å². The summed E-state index contributed by atoms with van der Waals surface area (Å²) in [5.41, 5.74) is 0. The number of aliphatic hydroxyl groups excluding tert-OH is 1. The molecule has 162 valence electrons. The fourth-order valence-corrected chi connectivity index (χ4v) is 3.45. The zero-order valence-corrected chi connectivity index (χ0v) is 18.1. The van der Waals surface area contributed by atoms with Gasteiger partial charge in [-0.05, 0) is 18.6 Å². The first kappa shape index (κ1) is 24.7. The lowest BCUT2D eigenvalue weighted by molar-refractivity contribution is -0.145. The monoisotopic (exact) mass is 394 g/mol. The van der Waals surface area contributed by atoms with Gasteiger partial charge in [-0.3, -0.25) is 4.79 Å². The molecule has 1 rings (SSSR count). The second-order valence-corrected chi connectivity index (χ2v) is 7.89. The number of furan rings is 1. The molecular formula is C24H42O4. The number of aliphatic hydroxyl groups is 1. The molecule has 1 N–H and O–H groups in total. The van der Waals surface area contributed by atoms with Crippen molar-refractivity contribution in [1.82, 2.24) is 0 Å². The Morgan fingerprint density at radius 2 is 1.25 bits per heavy atom.